The SMILES string of the molecule is CCOC(=O)C1C(C)=NC2=C(C(=O)CC(C)(C)C2)[C@H]1c1ccc(C)o1. The smallest absolute Gasteiger partial charge is 0.315 e. The van der Waals surface area contributed by atoms with Crippen LogP contribution in [0.4, 0.5) is 0 Å². The fraction of sp³-hybridized carbons (Fsp3) is 0.550. The number of aliphatic imine (C=N–C) groups is 1. The lowest BCUT2D eigenvalue weighted by atomic mass is 9.68. The lowest BCUT2D eigenvalue weighted by Crippen LogP contribution is -2.39. The lowest BCUT2D eigenvalue weighted by molar-refractivity contribution is -0.146. The second-order valence-corrected chi connectivity index (χ2v) is 7.71. The second kappa shape index (κ2) is 6.28. The van der Waals surface area contributed by atoms with Gasteiger partial charge in [-0.3, -0.25) is 14.6 Å². The van der Waals surface area contributed by atoms with E-state index in [1.54, 1.807) is 6.92 Å². The van der Waals surface area contributed by atoms with Crippen molar-refractivity contribution in [2.24, 2.45) is 16.3 Å². The first kappa shape index (κ1) is 17.6. The Morgan fingerprint density at radius 3 is 2.64 bits per heavy atom. The van der Waals surface area contributed by atoms with Crippen LogP contribution in [0.15, 0.2) is 32.8 Å². The molecule has 5 heteroatoms. The van der Waals surface area contributed by atoms with Crippen molar-refractivity contribution in [1.29, 1.82) is 0 Å². The zero-order valence-corrected chi connectivity index (χ0v) is 15.5. The number of furan rings is 1. The van der Waals surface area contributed by atoms with Crippen LogP contribution < -0.4 is 0 Å². The normalized spacial score (nSPS) is 25.5. The number of rotatable bonds is 3. The summed E-state index contributed by atoms with van der Waals surface area (Å²) in [6.07, 6.45) is 1.17. The van der Waals surface area contributed by atoms with Gasteiger partial charge in [0.2, 0.25) is 0 Å². The van der Waals surface area contributed by atoms with Crippen molar-refractivity contribution in [3.63, 3.8) is 0 Å². The quantitative estimate of drug-likeness (QED) is 0.779. The van der Waals surface area contributed by atoms with Crippen LogP contribution in [0.25, 0.3) is 0 Å². The van der Waals surface area contributed by atoms with Crippen LogP contribution in [0.5, 0.6) is 0 Å². The minimum Gasteiger partial charge on any atom is -0.466 e. The third-order valence-electron chi connectivity index (χ3n) is 4.91. The average Bonchev–Trinajstić information content (AvgIpc) is 2.90. The minimum absolute atomic E-state index is 0.0517. The molecule has 1 unspecified atom stereocenters. The van der Waals surface area contributed by atoms with E-state index in [0.717, 1.165) is 17.9 Å². The van der Waals surface area contributed by atoms with Gasteiger partial charge in [0, 0.05) is 23.4 Å². The van der Waals surface area contributed by atoms with E-state index in [1.165, 1.54) is 0 Å². The molecular formula is C20H25NO4. The van der Waals surface area contributed by atoms with Crippen molar-refractivity contribution in [1.82, 2.24) is 0 Å². The first-order valence-electron chi connectivity index (χ1n) is 8.78. The summed E-state index contributed by atoms with van der Waals surface area (Å²) in [5, 5.41) is 0. The van der Waals surface area contributed by atoms with Crippen LogP contribution in [-0.4, -0.2) is 24.1 Å². The molecular weight excluding hydrogens is 318 g/mol. The molecule has 2 heterocycles. The summed E-state index contributed by atoms with van der Waals surface area (Å²) >= 11 is 0. The number of carbonyl (C=O) groups excluding carboxylic acids is 2. The molecule has 0 amide bonds. The van der Waals surface area contributed by atoms with E-state index in [9.17, 15) is 9.59 Å². The molecule has 0 fully saturated rings. The Kier molecular flexibility index (Phi) is 4.43. The first-order chi connectivity index (χ1) is 11.7. The molecule has 0 N–H and O–H groups in total. The van der Waals surface area contributed by atoms with E-state index in [-0.39, 0.29) is 17.2 Å². The molecule has 25 heavy (non-hydrogen) atoms. The molecule has 0 saturated carbocycles. The number of Topliss-reactive ketones (excluding diaryl/α,β-unsaturated/α-hetero) is 1. The van der Waals surface area contributed by atoms with Gasteiger partial charge in [0.25, 0.3) is 0 Å². The maximum atomic E-state index is 12.9. The Balaban J connectivity index is 2.15. The van der Waals surface area contributed by atoms with Gasteiger partial charge in [0.1, 0.15) is 17.4 Å². The zero-order chi connectivity index (χ0) is 18.4. The highest BCUT2D eigenvalue weighted by Gasteiger charge is 2.47. The van der Waals surface area contributed by atoms with E-state index < -0.39 is 11.8 Å². The molecule has 0 spiro atoms. The fourth-order valence-corrected chi connectivity index (χ4v) is 3.91. The van der Waals surface area contributed by atoms with Gasteiger partial charge in [-0.25, -0.2) is 0 Å². The highest BCUT2D eigenvalue weighted by atomic mass is 16.5. The maximum Gasteiger partial charge on any atom is 0.315 e. The van der Waals surface area contributed by atoms with Crippen LogP contribution >= 0.6 is 0 Å². The Morgan fingerprint density at radius 2 is 2.04 bits per heavy atom. The summed E-state index contributed by atoms with van der Waals surface area (Å²) in [6.45, 7) is 9.90. The molecule has 5 nitrogen and oxygen atoms in total. The highest BCUT2D eigenvalue weighted by Crippen LogP contribution is 2.48. The monoisotopic (exact) mass is 343 g/mol. The summed E-state index contributed by atoms with van der Waals surface area (Å²) in [4.78, 5) is 30.2. The Hall–Kier alpha value is -2.17. The predicted molar refractivity (Wildman–Crippen MR) is 94.5 cm³/mol. The number of allylic oxidation sites excluding steroid dienone is 2. The van der Waals surface area contributed by atoms with Gasteiger partial charge in [-0.2, -0.15) is 0 Å². The van der Waals surface area contributed by atoms with Crippen LogP contribution in [-0.2, 0) is 14.3 Å². The Labute approximate surface area is 148 Å². The van der Waals surface area contributed by atoms with Crippen molar-refractivity contribution in [2.45, 2.75) is 53.4 Å². The summed E-state index contributed by atoms with van der Waals surface area (Å²) in [5.41, 5.74) is 1.97. The zero-order valence-electron chi connectivity index (χ0n) is 15.5. The van der Waals surface area contributed by atoms with Crippen LogP contribution in [0.1, 0.15) is 58.0 Å². The first-order valence-corrected chi connectivity index (χ1v) is 8.78. The summed E-state index contributed by atoms with van der Waals surface area (Å²) in [6, 6.07) is 3.71. The molecule has 134 valence electrons. The van der Waals surface area contributed by atoms with E-state index in [0.29, 0.717) is 30.1 Å². The number of ketones is 1. The molecule has 2 atom stereocenters. The highest BCUT2D eigenvalue weighted by molar-refractivity contribution is 6.08. The van der Waals surface area contributed by atoms with Gasteiger partial charge < -0.3 is 9.15 Å². The molecule has 0 bridgehead atoms. The lowest BCUT2D eigenvalue weighted by Gasteiger charge is -2.38. The van der Waals surface area contributed by atoms with Gasteiger partial charge in [0.15, 0.2) is 5.78 Å². The average molecular weight is 343 g/mol. The molecule has 0 saturated heterocycles. The minimum atomic E-state index is -0.616. The van der Waals surface area contributed by atoms with Crippen molar-refractivity contribution in [2.75, 3.05) is 6.61 Å². The molecule has 0 aromatic carbocycles. The molecule has 1 aromatic rings. The van der Waals surface area contributed by atoms with E-state index in [2.05, 4.69) is 18.8 Å². The van der Waals surface area contributed by atoms with Crippen molar-refractivity contribution in [3.8, 4) is 0 Å². The Morgan fingerprint density at radius 1 is 1.32 bits per heavy atom. The van der Waals surface area contributed by atoms with Gasteiger partial charge in [-0.1, -0.05) is 13.8 Å². The Bertz CT molecular complexity index is 781. The molecule has 3 rings (SSSR count). The number of hydrogen-bond acceptors (Lipinski definition) is 5. The van der Waals surface area contributed by atoms with Crippen LogP contribution in [0, 0.1) is 18.3 Å². The number of esters is 1. The number of nitrogens with zero attached hydrogens (tertiary/aromatic N) is 1. The molecule has 2 aliphatic rings. The van der Waals surface area contributed by atoms with Crippen molar-refractivity contribution < 1.29 is 18.7 Å². The van der Waals surface area contributed by atoms with E-state index in [4.69, 9.17) is 9.15 Å². The third-order valence-corrected chi connectivity index (χ3v) is 4.91. The van der Waals surface area contributed by atoms with E-state index in [1.807, 2.05) is 26.0 Å². The standard InChI is InChI=1S/C20H25NO4/c1-6-24-19(23)16-12(3)21-13-9-20(4,5)10-14(22)17(13)18(16)15-8-7-11(2)25-15/h7-8,16,18H,6,9-10H2,1-5H3/t16?,18-/m0/s1. The second-order valence-electron chi connectivity index (χ2n) is 7.71. The van der Waals surface area contributed by atoms with Crippen molar-refractivity contribution in [3.05, 3.63) is 34.9 Å². The number of aryl methyl sites for hydroxylation is 1. The summed E-state index contributed by atoms with van der Waals surface area (Å²) < 4.78 is 11.1. The van der Waals surface area contributed by atoms with E-state index >= 15 is 0 Å². The summed E-state index contributed by atoms with van der Waals surface area (Å²) in [5.74, 6) is 0.00923. The predicted octanol–water partition coefficient (Wildman–Crippen LogP) is 3.97. The van der Waals surface area contributed by atoms with Gasteiger partial charge in [-0.15, -0.1) is 0 Å². The molecule has 1 aliphatic carbocycles. The molecule has 1 aliphatic heterocycles. The maximum absolute atomic E-state index is 12.9. The number of carbonyl (C=O) groups is 2. The number of hydrogen-bond donors (Lipinski definition) is 0. The summed E-state index contributed by atoms with van der Waals surface area (Å²) in [7, 11) is 0. The van der Waals surface area contributed by atoms with Crippen LogP contribution in [0.2, 0.25) is 0 Å². The largest absolute Gasteiger partial charge is 0.466 e. The fourth-order valence-electron chi connectivity index (χ4n) is 3.91. The van der Waals surface area contributed by atoms with Crippen molar-refractivity contribution >= 4 is 17.5 Å². The third kappa shape index (κ3) is 3.20. The number of ether oxygens (including phenoxy) is 1. The molecule has 1 aromatic heterocycles. The van der Waals surface area contributed by atoms with Gasteiger partial charge in [-0.05, 0) is 44.7 Å². The van der Waals surface area contributed by atoms with Gasteiger partial charge >= 0.3 is 5.97 Å². The van der Waals surface area contributed by atoms with Crippen LogP contribution in [0.3, 0.4) is 0 Å². The van der Waals surface area contributed by atoms with Gasteiger partial charge in [0.05, 0.1) is 12.5 Å². The molecule has 0 radical (unpaired) electrons. The topological polar surface area (TPSA) is 68.9 Å².